The summed E-state index contributed by atoms with van der Waals surface area (Å²) >= 11 is 1.89. The number of fused-ring (bicyclic) bond motifs is 1. The number of hydrogen-bond donors (Lipinski definition) is 1. The summed E-state index contributed by atoms with van der Waals surface area (Å²) < 4.78 is 0. The van der Waals surface area contributed by atoms with Gasteiger partial charge in [-0.1, -0.05) is 13.8 Å². The van der Waals surface area contributed by atoms with E-state index in [1.54, 1.807) is 0 Å². The van der Waals surface area contributed by atoms with Crippen molar-refractivity contribution in [2.45, 2.75) is 58.4 Å². The number of nitrogens with zero attached hydrogens (tertiary/aromatic N) is 2. The van der Waals surface area contributed by atoms with E-state index in [1.807, 2.05) is 11.3 Å². The second-order valence-electron chi connectivity index (χ2n) is 6.81. The van der Waals surface area contributed by atoms with Crippen LogP contribution in [0.25, 0.3) is 0 Å². The van der Waals surface area contributed by atoms with Gasteiger partial charge in [0.15, 0.2) is 5.13 Å². The van der Waals surface area contributed by atoms with Crippen molar-refractivity contribution in [3.05, 3.63) is 10.6 Å². The fourth-order valence-electron chi connectivity index (χ4n) is 3.19. The lowest BCUT2D eigenvalue weighted by atomic mass is 9.85. The molecule has 1 fully saturated rings. The van der Waals surface area contributed by atoms with E-state index in [1.165, 1.54) is 47.8 Å². The summed E-state index contributed by atoms with van der Waals surface area (Å²) in [5, 5.41) is 1.22. The first-order valence-corrected chi connectivity index (χ1v) is 8.37. The van der Waals surface area contributed by atoms with Gasteiger partial charge in [-0.25, -0.2) is 4.98 Å². The first kappa shape index (κ1) is 13.4. The Morgan fingerprint density at radius 2 is 2.11 bits per heavy atom. The lowest BCUT2D eigenvalue weighted by Crippen LogP contribution is -2.25. The zero-order chi connectivity index (χ0) is 13.5. The van der Waals surface area contributed by atoms with Gasteiger partial charge in [-0.2, -0.15) is 0 Å². The molecule has 2 heterocycles. The Kier molecular flexibility index (Phi) is 3.56. The van der Waals surface area contributed by atoms with E-state index in [9.17, 15) is 0 Å². The van der Waals surface area contributed by atoms with Gasteiger partial charge >= 0.3 is 0 Å². The monoisotopic (exact) mass is 279 g/mol. The van der Waals surface area contributed by atoms with Gasteiger partial charge in [0, 0.05) is 24.0 Å². The van der Waals surface area contributed by atoms with E-state index in [2.05, 4.69) is 18.7 Å². The molecule has 0 radical (unpaired) electrons. The number of nitrogens with two attached hydrogens (primary N) is 1. The van der Waals surface area contributed by atoms with Crippen molar-refractivity contribution in [3.8, 4) is 0 Å². The molecule has 2 aliphatic rings. The fourth-order valence-corrected chi connectivity index (χ4v) is 4.41. The molecule has 0 amide bonds. The third-order valence-corrected chi connectivity index (χ3v) is 5.79. The van der Waals surface area contributed by atoms with Gasteiger partial charge in [0.2, 0.25) is 0 Å². The standard InChI is InChI=1S/C15H25N3S/c1-15(2)7-4-9-18(10-8-15)14-17-13-11(16)5-3-6-12(13)19-14/h11H,3-10,16H2,1-2H3. The van der Waals surface area contributed by atoms with Gasteiger partial charge in [-0.3, -0.25) is 0 Å². The van der Waals surface area contributed by atoms with Crippen LogP contribution in [0.2, 0.25) is 0 Å². The van der Waals surface area contributed by atoms with Crippen LogP contribution in [0.1, 0.15) is 62.6 Å². The molecule has 106 valence electrons. The number of thiazole rings is 1. The quantitative estimate of drug-likeness (QED) is 0.855. The molecule has 0 bridgehead atoms. The largest absolute Gasteiger partial charge is 0.348 e. The van der Waals surface area contributed by atoms with Gasteiger partial charge in [-0.05, 0) is 43.9 Å². The van der Waals surface area contributed by atoms with Crippen molar-refractivity contribution in [1.29, 1.82) is 0 Å². The minimum atomic E-state index is 0.178. The zero-order valence-electron chi connectivity index (χ0n) is 12.1. The molecule has 1 aromatic heterocycles. The van der Waals surface area contributed by atoms with Crippen molar-refractivity contribution in [2.75, 3.05) is 18.0 Å². The van der Waals surface area contributed by atoms with E-state index < -0.39 is 0 Å². The Morgan fingerprint density at radius 1 is 1.26 bits per heavy atom. The predicted octanol–water partition coefficient (Wildman–Crippen LogP) is 3.50. The number of aryl methyl sites for hydroxylation is 1. The smallest absolute Gasteiger partial charge is 0.185 e. The van der Waals surface area contributed by atoms with Crippen LogP contribution in [0.3, 0.4) is 0 Å². The second-order valence-corrected chi connectivity index (χ2v) is 7.87. The molecule has 1 saturated heterocycles. The molecule has 2 N–H and O–H groups in total. The van der Waals surface area contributed by atoms with Crippen LogP contribution in [-0.2, 0) is 6.42 Å². The normalized spacial score (nSPS) is 26.9. The Morgan fingerprint density at radius 3 is 2.89 bits per heavy atom. The molecule has 3 nitrogen and oxygen atoms in total. The molecule has 0 spiro atoms. The Bertz CT molecular complexity index is 452. The summed E-state index contributed by atoms with van der Waals surface area (Å²) in [6.07, 6.45) is 7.38. The molecule has 3 rings (SSSR count). The predicted molar refractivity (Wildman–Crippen MR) is 81.8 cm³/mol. The Hall–Kier alpha value is -0.610. The van der Waals surface area contributed by atoms with Gasteiger partial charge in [0.25, 0.3) is 0 Å². The van der Waals surface area contributed by atoms with E-state index in [4.69, 9.17) is 10.7 Å². The van der Waals surface area contributed by atoms with Crippen LogP contribution in [0.4, 0.5) is 5.13 Å². The van der Waals surface area contributed by atoms with Crippen molar-refractivity contribution in [2.24, 2.45) is 11.1 Å². The molecule has 1 unspecified atom stereocenters. The van der Waals surface area contributed by atoms with Gasteiger partial charge in [0.05, 0.1) is 5.69 Å². The summed E-state index contributed by atoms with van der Waals surface area (Å²) in [7, 11) is 0. The summed E-state index contributed by atoms with van der Waals surface area (Å²) in [6.45, 7) is 7.08. The van der Waals surface area contributed by atoms with Crippen molar-refractivity contribution < 1.29 is 0 Å². The molecule has 0 saturated carbocycles. The molecule has 4 heteroatoms. The minimum absolute atomic E-state index is 0.178. The molecule has 1 aliphatic heterocycles. The van der Waals surface area contributed by atoms with E-state index >= 15 is 0 Å². The van der Waals surface area contributed by atoms with Gasteiger partial charge < -0.3 is 10.6 Å². The molecule has 0 aromatic carbocycles. The van der Waals surface area contributed by atoms with Crippen LogP contribution in [-0.4, -0.2) is 18.1 Å². The topological polar surface area (TPSA) is 42.2 Å². The van der Waals surface area contributed by atoms with E-state index in [0.717, 1.165) is 19.5 Å². The van der Waals surface area contributed by atoms with Crippen LogP contribution in [0.15, 0.2) is 0 Å². The lowest BCUT2D eigenvalue weighted by molar-refractivity contribution is 0.325. The summed E-state index contributed by atoms with van der Waals surface area (Å²) in [4.78, 5) is 8.80. The van der Waals surface area contributed by atoms with Crippen molar-refractivity contribution >= 4 is 16.5 Å². The third-order valence-electron chi connectivity index (χ3n) is 4.60. The first-order chi connectivity index (χ1) is 9.05. The molecule has 1 aliphatic carbocycles. The molecular formula is C15H25N3S. The maximum Gasteiger partial charge on any atom is 0.185 e. The van der Waals surface area contributed by atoms with Crippen LogP contribution in [0.5, 0.6) is 0 Å². The summed E-state index contributed by atoms with van der Waals surface area (Å²) in [5.74, 6) is 0. The Labute approximate surface area is 120 Å². The second kappa shape index (κ2) is 5.06. The highest BCUT2D eigenvalue weighted by molar-refractivity contribution is 7.15. The molecular weight excluding hydrogens is 254 g/mol. The highest BCUT2D eigenvalue weighted by Gasteiger charge is 2.27. The summed E-state index contributed by atoms with van der Waals surface area (Å²) in [5.41, 5.74) is 7.87. The Balaban J connectivity index is 1.79. The van der Waals surface area contributed by atoms with Crippen LogP contribution >= 0.6 is 11.3 Å². The maximum atomic E-state index is 6.19. The van der Waals surface area contributed by atoms with Crippen molar-refractivity contribution in [3.63, 3.8) is 0 Å². The number of rotatable bonds is 1. The number of aromatic nitrogens is 1. The van der Waals surface area contributed by atoms with E-state index in [-0.39, 0.29) is 6.04 Å². The highest BCUT2D eigenvalue weighted by Crippen LogP contribution is 2.38. The van der Waals surface area contributed by atoms with Gasteiger partial charge in [0.1, 0.15) is 0 Å². The average molecular weight is 279 g/mol. The number of hydrogen-bond acceptors (Lipinski definition) is 4. The SMILES string of the molecule is CC1(C)CCCN(c2nc3c(s2)CCCC3N)CC1. The molecule has 19 heavy (non-hydrogen) atoms. The minimum Gasteiger partial charge on any atom is -0.348 e. The summed E-state index contributed by atoms with van der Waals surface area (Å²) in [6, 6.07) is 0.178. The van der Waals surface area contributed by atoms with Crippen LogP contribution < -0.4 is 10.6 Å². The maximum absolute atomic E-state index is 6.19. The molecule has 1 atom stereocenters. The third kappa shape index (κ3) is 2.79. The zero-order valence-corrected chi connectivity index (χ0v) is 12.9. The average Bonchev–Trinajstić information content (AvgIpc) is 2.70. The fraction of sp³-hybridized carbons (Fsp3) is 0.800. The van der Waals surface area contributed by atoms with Crippen molar-refractivity contribution in [1.82, 2.24) is 4.98 Å². The number of anilines is 1. The van der Waals surface area contributed by atoms with Crippen LogP contribution in [0, 0.1) is 5.41 Å². The highest BCUT2D eigenvalue weighted by atomic mass is 32.1. The lowest BCUT2D eigenvalue weighted by Gasteiger charge is -2.23. The van der Waals surface area contributed by atoms with E-state index in [0.29, 0.717) is 5.41 Å². The molecule has 1 aromatic rings. The van der Waals surface area contributed by atoms with Gasteiger partial charge in [-0.15, -0.1) is 11.3 Å². The first-order valence-electron chi connectivity index (χ1n) is 7.55.